The van der Waals surface area contributed by atoms with Crippen LogP contribution in [0.1, 0.15) is 17.3 Å². The predicted octanol–water partition coefficient (Wildman–Crippen LogP) is 2.45. The molecule has 0 unspecified atom stereocenters. The van der Waals surface area contributed by atoms with E-state index in [9.17, 15) is 4.79 Å². The molecule has 0 aliphatic heterocycles. The molecule has 0 radical (unpaired) electrons. The second-order valence-corrected chi connectivity index (χ2v) is 3.14. The van der Waals surface area contributed by atoms with E-state index in [0.29, 0.717) is 11.3 Å². The average Bonchev–Trinajstić information content (AvgIpc) is 2.15. The summed E-state index contributed by atoms with van der Waals surface area (Å²) in [4.78, 5) is 11.1. The fourth-order valence-corrected chi connectivity index (χ4v) is 0.928. The molecule has 0 aliphatic rings. The SMILES string of the molecule is CC(=O)c1cccc(N=NN(C)C)c1. The number of hydrogen-bond donors (Lipinski definition) is 0. The second kappa shape index (κ2) is 4.50. The van der Waals surface area contributed by atoms with E-state index >= 15 is 0 Å². The zero-order chi connectivity index (χ0) is 10.6. The molecule has 1 aromatic carbocycles. The van der Waals surface area contributed by atoms with E-state index in [4.69, 9.17) is 0 Å². The Bertz CT molecular complexity index is 358. The van der Waals surface area contributed by atoms with E-state index in [2.05, 4.69) is 10.3 Å². The molecule has 74 valence electrons. The van der Waals surface area contributed by atoms with Gasteiger partial charge in [-0.3, -0.25) is 9.80 Å². The van der Waals surface area contributed by atoms with Crippen LogP contribution in [0.3, 0.4) is 0 Å². The fourth-order valence-electron chi connectivity index (χ4n) is 0.928. The van der Waals surface area contributed by atoms with Gasteiger partial charge in [-0.1, -0.05) is 17.4 Å². The van der Waals surface area contributed by atoms with Gasteiger partial charge in [0.2, 0.25) is 0 Å². The lowest BCUT2D eigenvalue weighted by Crippen LogP contribution is -1.99. The summed E-state index contributed by atoms with van der Waals surface area (Å²) in [6.07, 6.45) is 0. The molecule has 4 heteroatoms. The van der Waals surface area contributed by atoms with Crippen molar-refractivity contribution in [2.45, 2.75) is 6.92 Å². The number of carbonyl (C=O) groups is 1. The standard InChI is InChI=1S/C10H13N3O/c1-8(14)9-5-4-6-10(7-9)11-12-13(2)3/h4-7H,1-3H3. The van der Waals surface area contributed by atoms with Crippen molar-refractivity contribution in [2.75, 3.05) is 14.1 Å². The molecule has 1 rings (SSSR count). The molecular formula is C10H13N3O. The van der Waals surface area contributed by atoms with E-state index in [-0.39, 0.29) is 5.78 Å². The first-order valence-corrected chi connectivity index (χ1v) is 4.29. The molecule has 1 aromatic rings. The van der Waals surface area contributed by atoms with Crippen molar-refractivity contribution in [2.24, 2.45) is 10.3 Å². The van der Waals surface area contributed by atoms with Gasteiger partial charge >= 0.3 is 0 Å². The maximum atomic E-state index is 11.1. The normalized spacial score (nSPS) is 10.5. The van der Waals surface area contributed by atoms with Crippen LogP contribution in [-0.2, 0) is 0 Å². The van der Waals surface area contributed by atoms with Gasteiger partial charge in [0.15, 0.2) is 5.78 Å². The van der Waals surface area contributed by atoms with Crippen molar-refractivity contribution < 1.29 is 4.79 Å². The largest absolute Gasteiger partial charge is 0.295 e. The van der Waals surface area contributed by atoms with Crippen LogP contribution >= 0.6 is 0 Å². The summed E-state index contributed by atoms with van der Waals surface area (Å²) in [5, 5.41) is 9.39. The van der Waals surface area contributed by atoms with Crippen LogP contribution in [0.15, 0.2) is 34.6 Å². The smallest absolute Gasteiger partial charge is 0.159 e. The van der Waals surface area contributed by atoms with Gasteiger partial charge in [0, 0.05) is 19.7 Å². The first kappa shape index (κ1) is 10.4. The molecule has 0 aliphatic carbocycles. The van der Waals surface area contributed by atoms with Gasteiger partial charge in [0.1, 0.15) is 0 Å². The molecule has 14 heavy (non-hydrogen) atoms. The Morgan fingerprint density at radius 2 is 2.07 bits per heavy atom. The number of benzene rings is 1. The molecule has 0 saturated heterocycles. The van der Waals surface area contributed by atoms with Crippen LogP contribution in [0, 0.1) is 0 Å². The lowest BCUT2D eigenvalue weighted by Gasteiger charge is -2.01. The van der Waals surface area contributed by atoms with Crippen LogP contribution in [-0.4, -0.2) is 24.9 Å². The van der Waals surface area contributed by atoms with Crippen molar-refractivity contribution in [1.82, 2.24) is 5.01 Å². The maximum Gasteiger partial charge on any atom is 0.159 e. The Morgan fingerprint density at radius 3 is 2.64 bits per heavy atom. The van der Waals surface area contributed by atoms with Gasteiger partial charge in [-0.2, -0.15) is 0 Å². The van der Waals surface area contributed by atoms with Gasteiger partial charge in [0.25, 0.3) is 0 Å². The monoisotopic (exact) mass is 191 g/mol. The zero-order valence-corrected chi connectivity index (χ0v) is 8.56. The number of hydrogen-bond acceptors (Lipinski definition) is 3. The molecule has 0 atom stereocenters. The number of rotatable bonds is 3. The number of Topliss-reactive ketones (excluding diaryl/α,β-unsaturated/α-hetero) is 1. The van der Waals surface area contributed by atoms with Gasteiger partial charge in [0.05, 0.1) is 5.69 Å². The van der Waals surface area contributed by atoms with E-state index in [1.54, 1.807) is 43.4 Å². The first-order valence-electron chi connectivity index (χ1n) is 4.29. The summed E-state index contributed by atoms with van der Waals surface area (Å²) in [5.74, 6) is 0.0342. The highest BCUT2D eigenvalue weighted by molar-refractivity contribution is 5.94. The molecule has 0 spiro atoms. The molecule has 0 heterocycles. The molecular weight excluding hydrogens is 178 g/mol. The van der Waals surface area contributed by atoms with Crippen molar-refractivity contribution in [3.8, 4) is 0 Å². The Hall–Kier alpha value is -1.71. The summed E-state index contributed by atoms with van der Waals surface area (Å²) in [5.41, 5.74) is 1.34. The van der Waals surface area contributed by atoms with Crippen LogP contribution in [0.2, 0.25) is 0 Å². The Balaban J connectivity index is 2.89. The highest BCUT2D eigenvalue weighted by Gasteiger charge is 1.99. The summed E-state index contributed by atoms with van der Waals surface area (Å²) in [7, 11) is 3.58. The van der Waals surface area contributed by atoms with E-state index < -0.39 is 0 Å². The lowest BCUT2D eigenvalue weighted by molar-refractivity contribution is 0.101. The number of nitrogens with zero attached hydrogens (tertiary/aromatic N) is 3. The third-order valence-corrected chi connectivity index (χ3v) is 1.59. The Labute approximate surface area is 83.2 Å². The van der Waals surface area contributed by atoms with Crippen LogP contribution < -0.4 is 0 Å². The van der Waals surface area contributed by atoms with Crippen LogP contribution in [0.4, 0.5) is 5.69 Å². The van der Waals surface area contributed by atoms with Crippen molar-refractivity contribution in [3.63, 3.8) is 0 Å². The highest BCUT2D eigenvalue weighted by Crippen LogP contribution is 2.14. The maximum absolute atomic E-state index is 11.1. The number of ketones is 1. The zero-order valence-electron chi connectivity index (χ0n) is 8.56. The van der Waals surface area contributed by atoms with Gasteiger partial charge in [-0.25, -0.2) is 0 Å². The lowest BCUT2D eigenvalue weighted by atomic mass is 10.1. The van der Waals surface area contributed by atoms with E-state index in [1.165, 1.54) is 6.92 Å². The second-order valence-electron chi connectivity index (χ2n) is 3.14. The first-order chi connectivity index (χ1) is 6.59. The minimum absolute atomic E-state index is 0.0342. The molecule has 0 amide bonds. The predicted molar refractivity (Wildman–Crippen MR) is 54.6 cm³/mol. The van der Waals surface area contributed by atoms with Crippen molar-refractivity contribution in [3.05, 3.63) is 29.8 Å². The van der Waals surface area contributed by atoms with Gasteiger partial charge in [-0.15, -0.1) is 5.11 Å². The summed E-state index contributed by atoms with van der Waals surface area (Å²) in [6, 6.07) is 7.08. The summed E-state index contributed by atoms with van der Waals surface area (Å²) in [6.45, 7) is 1.53. The molecule has 0 N–H and O–H groups in total. The van der Waals surface area contributed by atoms with Gasteiger partial charge < -0.3 is 0 Å². The van der Waals surface area contributed by atoms with E-state index in [0.717, 1.165) is 0 Å². The Morgan fingerprint density at radius 1 is 1.36 bits per heavy atom. The summed E-state index contributed by atoms with van der Waals surface area (Å²) < 4.78 is 0. The highest BCUT2D eigenvalue weighted by atomic mass is 16.1. The van der Waals surface area contributed by atoms with Crippen LogP contribution in [0.25, 0.3) is 0 Å². The average molecular weight is 191 g/mol. The third-order valence-electron chi connectivity index (χ3n) is 1.59. The molecule has 0 fully saturated rings. The van der Waals surface area contributed by atoms with Crippen molar-refractivity contribution >= 4 is 11.5 Å². The molecule has 4 nitrogen and oxygen atoms in total. The molecule has 0 saturated carbocycles. The Kier molecular flexibility index (Phi) is 3.34. The van der Waals surface area contributed by atoms with Crippen molar-refractivity contribution in [1.29, 1.82) is 0 Å². The van der Waals surface area contributed by atoms with E-state index in [1.807, 2.05) is 0 Å². The minimum Gasteiger partial charge on any atom is -0.295 e. The number of carbonyl (C=O) groups excluding carboxylic acids is 1. The summed E-state index contributed by atoms with van der Waals surface area (Å²) >= 11 is 0. The fraction of sp³-hybridized carbons (Fsp3) is 0.300. The molecule has 0 aromatic heterocycles. The third kappa shape index (κ3) is 2.97. The van der Waals surface area contributed by atoms with Gasteiger partial charge in [-0.05, 0) is 19.1 Å². The molecule has 0 bridgehead atoms. The quantitative estimate of drug-likeness (QED) is 0.418. The topological polar surface area (TPSA) is 45.0 Å². The van der Waals surface area contributed by atoms with Crippen LogP contribution in [0.5, 0.6) is 0 Å². The minimum atomic E-state index is 0.0342.